The molecule has 1 N–H and O–H groups in total. The highest BCUT2D eigenvalue weighted by atomic mass is 35.5. The molecule has 2 aliphatic rings. The summed E-state index contributed by atoms with van der Waals surface area (Å²) in [7, 11) is 0. The van der Waals surface area contributed by atoms with Crippen LogP contribution in [0.4, 0.5) is 0 Å². The number of fused-ring (bicyclic) bond motifs is 2. The first-order valence-corrected chi connectivity index (χ1v) is 7.77. The quantitative estimate of drug-likeness (QED) is 0.840. The van der Waals surface area contributed by atoms with Crippen LogP contribution in [0.25, 0.3) is 5.57 Å². The number of aromatic nitrogens is 1. The van der Waals surface area contributed by atoms with Gasteiger partial charge in [-0.1, -0.05) is 23.7 Å². The normalized spacial score (nSPS) is 16.3. The molecule has 2 aromatic rings. The van der Waals surface area contributed by atoms with E-state index in [1.165, 1.54) is 33.5 Å². The highest BCUT2D eigenvalue weighted by Gasteiger charge is 2.22. The number of aryl methyl sites for hydroxylation is 1. The zero-order chi connectivity index (χ0) is 14.9. The molecule has 2 heterocycles. The second-order valence-corrected chi connectivity index (χ2v) is 5.92. The van der Waals surface area contributed by atoms with E-state index in [1.54, 1.807) is 0 Å². The number of allylic oxidation sites excluding steroid dienone is 3. The van der Waals surface area contributed by atoms with Gasteiger partial charge in [0.2, 0.25) is 0 Å². The van der Waals surface area contributed by atoms with Crippen molar-refractivity contribution in [1.29, 1.82) is 0 Å². The molecule has 0 atom stereocenters. The van der Waals surface area contributed by atoms with E-state index in [9.17, 15) is 0 Å². The van der Waals surface area contributed by atoms with Crippen molar-refractivity contribution < 1.29 is 0 Å². The fraction of sp³-hybridized carbons (Fsp3) is 0.105. The number of benzene rings is 1. The van der Waals surface area contributed by atoms with Crippen LogP contribution in [-0.4, -0.2) is 4.98 Å². The zero-order valence-corrected chi connectivity index (χ0v) is 12.8. The summed E-state index contributed by atoms with van der Waals surface area (Å²) in [4.78, 5) is 4.15. The van der Waals surface area contributed by atoms with Crippen molar-refractivity contribution in [3.05, 3.63) is 94.1 Å². The van der Waals surface area contributed by atoms with Gasteiger partial charge in [0.25, 0.3) is 0 Å². The highest BCUT2D eigenvalue weighted by molar-refractivity contribution is 6.30. The maximum absolute atomic E-state index is 6.21. The molecule has 1 aliphatic heterocycles. The second kappa shape index (κ2) is 5.47. The number of pyridine rings is 1. The fourth-order valence-electron chi connectivity index (χ4n) is 3.15. The minimum atomic E-state index is 0.794. The van der Waals surface area contributed by atoms with Crippen LogP contribution in [0.2, 0.25) is 5.02 Å². The average molecular weight is 307 g/mol. The van der Waals surface area contributed by atoms with Gasteiger partial charge >= 0.3 is 0 Å². The Kier molecular flexibility index (Phi) is 3.32. The lowest BCUT2D eigenvalue weighted by Crippen LogP contribution is -2.13. The Morgan fingerprint density at radius 1 is 1.05 bits per heavy atom. The molecule has 0 saturated heterocycles. The zero-order valence-electron chi connectivity index (χ0n) is 12.0. The van der Waals surface area contributed by atoms with Crippen LogP contribution >= 0.6 is 11.6 Å². The van der Waals surface area contributed by atoms with Crippen molar-refractivity contribution in [3.8, 4) is 0 Å². The summed E-state index contributed by atoms with van der Waals surface area (Å²) in [5.41, 5.74) is 7.46. The van der Waals surface area contributed by atoms with Crippen molar-refractivity contribution in [1.82, 2.24) is 10.3 Å². The third kappa shape index (κ3) is 2.26. The maximum Gasteiger partial charge on any atom is 0.0498 e. The van der Waals surface area contributed by atoms with Gasteiger partial charge in [-0.2, -0.15) is 0 Å². The monoisotopic (exact) mass is 306 g/mol. The summed E-state index contributed by atoms with van der Waals surface area (Å²) >= 11 is 6.21. The molecule has 0 saturated carbocycles. The average Bonchev–Trinajstić information content (AvgIpc) is 2.72. The van der Waals surface area contributed by atoms with Gasteiger partial charge in [-0.05, 0) is 65.4 Å². The van der Waals surface area contributed by atoms with Crippen LogP contribution in [0.3, 0.4) is 0 Å². The third-order valence-corrected chi connectivity index (χ3v) is 4.40. The minimum absolute atomic E-state index is 0.794. The molecule has 0 fully saturated rings. The number of hydrogen-bond donors (Lipinski definition) is 1. The highest BCUT2D eigenvalue weighted by Crippen LogP contribution is 2.37. The van der Waals surface area contributed by atoms with Gasteiger partial charge in [-0.3, -0.25) is 4.98 Å². The van der Waals surface area contributed by atoms with Crippen LogP contribution in [0.15, 0.2) is 72.3 Å². The number of nitrogens with one attached hydrogen (secondary N) is 1. The Bertz CT molecular complexity index is 817. The number of hydrogen-bond acceptors (Lipinski definition) is 2. The van der Waals surface area contributed by atoms with Gasteiger partial charge in [0, 0.05) is 34.9 Å². The molecule has 0 amide bonds. The van der Waals surface area contributed by atoms with Gasteiger partial charge in [0.1, 0.15) is 0 Å². The predicted octanol–water partition coefficient (Wildman–Crippen LogP) is 4.48. The van der Waals surface area contributed by atoms with Gasteiger partial charge in [-0.15, -0.1) is 0 Å². The number of halogens is 1. The van der Waals surface area contributed by atoms with E-state index in [0.717, 1.165) is 17.9 Å². The molecule has 1 aromatic carbocycles. The van der Waals surface area contributed by atoms with Crippen LogP contribution in [0, 0.1) is 0 Å². The van der Waals surface area contributed by atoms with Crippen molar-refractivity contribution in [2.75, 3.05) is 0 Å². The smallest absolute Gasteiger partial charge is 0.0498 e. The summed E-state index contributed by atoms with van der Waals surface area (Å²) in [6.45, 7) is 0. The summed E-state index contributed by atoms with van der Waals surface area (Å²) in [6.07, 6.45) is 11.9. The molecular weight excluding hydrogens is 292 g/mol. The van der Waals surface area contributed by atoms with E-state index in [2.05, 4.69) is 46.7 Å². The molecule has 22 heavy (non-hydrogen) atoms. The lowest BCUT2D eigenvalue weighted by atomic mass is 9.92. The lowest BCUT2D eigenvalue weighted by molar-refractivity contribution is 0.918. The lowest BCUT2D eigenvalue weighted by Gasteiger charge is -2.19. The van der Waals surface area contributed by atoms with Gasteiger partial charge < -0.3 is 5.32 Å². The predicted molar refractivity (Wildman–Crippen MR) is 90.4 cm³/mol. The largest absolute Gasteiger partial charge is 0.361 e. The Morgan fingerprint density at radius 2 is 1.91 bits per heavy atom. The van der Waals surface area contributed by atoms with E-state index in [0.29, 0.717) is 0 Å². The van der Waals surface area contributed by atoms with Crippen LogP contribution < -0.4 is 5.32 Å². The van der Waals surface area contributed by atoms with Crippen molar-refractivity contribution >= 4 is 17.2 Å². The number of dihydropyridines is 1. The van der Waals surface area contributed by atoms with Crippen LogP contribution in [0.5, 0.6) is 0 Å². The SMILES string of the molecule is Clc1ccc2c(c1)CCC1=CC=CNC1=C2c1ccncc1. The molecule has 0 unspecified atom stereocenters. The first-order valence-electron chi connectivity index (χ1n) is 7.39. The molecule has 0 radical (unpaired) electrons. The first-order chi connectivity index (χ1) is 10.8. The molecule has 0 bridgehead atoms. The molecule has 4 rings (SSSR count). The summed E-state index contributed by atoms with van der Waals surface area (Å²) in [5, 5.41) is 4.24. The number of rotatable bonds is 1. The maximum atomic E-state index is 6.21. The standard InChI is InChI=1S/C19H15ClN2/c20-16-5-6-17-15(12-16)4-3-14-2-1-9-22-19(14)18(17)13-7-10-21-11-8-13/h1-2,5-12,22H,3-4H2. The van der Waals surface area contributed by atoms with E-state index >= 15 is 0 Å². The third-order valence-electron chi connectivity index (χ3n) is 4.16. The van der Waals surface area contributed by atoms with E-state index in [4.69, 9.17) is 11.6 Å². The topological polar surface area (TPSA) is 24.9 Å². The summed E-state index contributed by atoms with van der Waals surface area (Å²) < 4.78 is 0. The van der Waals surface area contributed by atoms with Crippen molar-refractivity contribution in [2.45, 2.75) is 12.8 Å². The molecule has 2 nitrogen and oxygen atoms in total. The second-order valence-electron chi connectivity index (χ2n) is 5.48. The Morgan fingerprint density at radius 3 is 2.77 bits per heavy atom. The van der Waals surface area contributed by atoms with E-state index in [1.807, 2.05) is 24.7 Å². The Balaban J connectivity index is 2.01. The first kappa shape index (κ1) is 13.4. The Hall–Kier alpha value is -2.32. The van der Waals surface area contributed by atoms with Gasteiger partial charge in [0.15, 0.2) is 0 Å². The van der Waals surface area contributed by atoms with E-state index < -0.39 is 0 Å². The minimum Gasteiger partial charge on any atom is -0.361 e. The van der Waals surface area contributed by atoms with Gasteiger partial charge in [-0.25, -0.2) is 0 Å². The fourth-order valence-corrected chi connectivity index (χ4v) is 3.34. The molecule has 3 heteroatoms. The van der Waals surface area contributed by atoms with Crippen molar-refractivity contribution in [3.63, 3.8) is 0 Å². The van der Waals surface area contributed by atoms with Crippen molar-refractivity contribution in [2.24, 2.45) is 0 Å². The molecule has 0 spiro atoms. The van der Waals surface area contributed by atoms with Crippen LogP contribution in [0.1, 0.15) is 23.1 Å². The molecule has 108 valence electrons. The molecular formula is C19H15ClN2. The van der Waals surface area contributed by atoms with Crippen LogP contribution in [-0.2, 0) is 6.42 Å². The summed E-state index contributed by atoms with van der Waals surface area (Å²) in [5.74, 6) is 0. The van der Waals surface area contributed by atoms with Gasteiger partial charge in [0.05, 0.1) is 0 Å². The molecule has 1 aromatic heterocycles. The Labute approximate surface area is 134 Å². The molecule has 1 aliphatic carbocycles. The summed E-state index contributed by atoms with van der Waals surface area (Å²) in [6, 6.07) is 10.3. The number of nitrogens with zero attached hydrogens (tertiary/aromatic N) is 1. The van der Waals surface area contributed by atoms with E-state index in [-0.39, 0.29) is 0 Å².